The van der Waals surface area contributed by atoms with Crippen LogP contribution in [0.5, 0.6) is 5.75 Å². The van der Waals surface area contributed by atoms with Crippen LogP contribution < -0.4 is 10.1 Å². The highest BCUT2D eigenvalue weighted by Crippen LogP contribution is 2.30. The molecule has 0 bridgehead atoms. The standard InChI is InChI=1S/C18H20F3NO/c1-12-10-14(4-9-17(12)23-3)11-22-13(2)15-5-7-16(8-6-15)18(19,20)21/h4-10,13,22H,11H2,1-3H3. The van der Waals surface area contributed by atoms with Crippen molar-refractivity contribution in [2.45, 2.75) is 32.6 Å². The van der Waals surface area contributed by atoms with Crippen molar-refractivity contribution in [2.24, 2.45) is 0 Å². The third-order valence-electron chi connectivity index (χ3n) is 3.81. The highest BCUT2D eigenvalue weighted by atomic mass is 19.4. The van der Waals surface area contributed by atoms with E-state index in [0.717, 1.165) is 34.6 Å². The van der Waals surface area contributed by atoms with Crippen LogP contribution in [0.3, 0.4) is 0 Å². The fraction of sp³-hybridized carbons (Fsp3) is 0.333. The molecule has 5 heteroatoms. The Morgan fingerprint density at radius 3 is 2.26 bits per heavy atom. The lowest BCUT2D eigenvalue weighted by atomic mass is 10.0. The molecule has 1 atom stereocenters. The van der Waals surface area contributed by atoms with Gasteiger partial charge in [0.25, 0.3) is 0 Å². The van der Waals surface area contributed by atoms with Gasteiger partial charge in [-0.3, -0.25) is 0 Å². The van der Waals surface area contributed by atoms with E-state index in [0.29, 0.717) is 6.54 Å². The average molecular weight is 323 g/mol. The van der Waals surface area contributed by atoms with E-state index in [1.807, 2.05) is 32.0 Å². The number of ether oxygens (including phenoxy) is 1. The molecule has 23 heavy (non-hydrogen) atoms. The maximum atomic E-state index is 12.6. The van der Waals surface area contributed by atoms with Gasteiger partial charge >= 0.3 is 6.18 Å². The van der Waals surface area contributed by atoms with E-state index in [1.54, 1.807) is 7.11 Å². The van der Waals surface area contributed by atoms with Crippen molar-refractivity contribution < 1.29 is 17.9 Å². The van der Waals surface area contributed by atoms with Gasteiger partial charge in [-0.15, -0.1) is 0 Å². The van der Waals surface area contributed by atoms with Crippen LogP contribution in [0.1, 0.15) is 35.2 Å². The van der Waals surface area contributed by atoms with Crippen LogP contribution in [0.2, 0.25) is 0 Å². The molecule has 1 N–H and O–H groups in total. The number of alkyl halides is 3. The quantitative estimate of drug-likeness (QED) is 0.847. The molecule has 2 rings (SSSR count). The summed E-state index contributed by atoms with van der Waals surface area (Å²) in [6.07, 6.45) is -4.30. The maximum Gasteiger partial charge on any atom is 0.416 e. The van der Waals surface area contributed by atoms with Gasteiger partial charge in [0.2, 0.25) is 0 Å². The zero-order chi connectivity index (χ0) is 17.0. The predicted molar refractivity (Wildman–Crippen MR) is 84.4 cm³/mol. The van der Waals surface area contributed by atoms with E-state index < -0.39 is 11.7 Å². The molecule has 124 valence electrons. The van der Waals surface area contributed by atoms with Crippen LogP contribution >= 0.6 is 0 Å². The summed E-state index contributed by atoms with van der Waals surface area (Å²) in [7, 11) is 1.63. The van der Waals surface area contributed by atoms with E-state index in [9.17, 15) is 13.2 Å². The molecule has 2 aromatic rings. The molecule has 0 saturated carbocycles. The summed E-state index contributed by atoms with van der Waals surface area (Å²) < 4.78 is 42.9. The van der Waals surface area contributed by atoms with Crippen LogP contribution in [-0.2, 0) is 12.7 Å². The Morgan fingerprint density at radius 2 is 1.74 bits per heavy atom. The first kappa shape index (κ1) is 17.3. The molecular weight excluding hydrogens is 303 g/mol. The Balaban J connectivity index is 1.99. The van der Waals surface area contributed by atoms with Crippen molar-refractivity contribution in [1.82, 2.24) is 5.32 Å². The molecule has 0 spiro atoms. The van der Waals surface area contributed by atoms with Gasteiger partial charge in [0.1, 0.15) is 5.75 Å². The number of methoxy groups -OCH3 is 1. The Morgan fingerprint density at radius 1 is 1.09 bits per heavy atom. The number of rotatable bonds is 5. The van der Waals surface area contributed by atoms with Crippen molar-refractivity contribution in [3.05, 3.63) is 64.7 Å². The monoisotopic (exact) mass is 323 g/mol. The SMILES string of the molecule is COc1ccc(CNC(C)c2ccc(C(F)(F)F)cc2)cc1C. The summed E-state index contributed by atoms with van der Waals surface area (Å²) in [6.45, 7) is 4.54. The lowest BCUT2D eigenvalue weighted by Gasteiger charge is -2.16. The van der Waals surface area contributed by atoms with Gasteiger partial charge in [0.05, 0.1) is 12.7 Å². The number of halogens is 3. The molecule has 0 amide bonds. The van der Waals surface area contributed by atoms with Gasteiger partial charge < -0.3 is 10.1 Å². The molecule has 0 saturated heterocycles. The molecule has 0 aromatic heterocycles. The first-order valence-corrected chi connectivity index (χ1v) is 7.35. The van der Waals surface area contributed by atoms with Gasteiger partial charge in [-0.25, -0.2) is 0 Å². The summed E-state index contributed by atoms with van der Waals surface area (Å²) in [5, 5.41) is 3.32. The second-order valence-corrected chi connectivity index (χ2v) is 5.53. The van der Waals surface area contributed by atoms with Crippen LogP contribution in [0, 0.1) is 6.92 Å². The lowest BCUT2D eigenvalue weighted by molar-refractivity contribution is -0.137. The summed E-state index contributed by atoms with van der Waals surface area (Å²) in [4.78, 5) is 0. The van der Waals surface area contributed by atoms with Crippen LogP contribution in [-0.4, -0.2) is 7.11 Å². The van der Waals surface area contributed by atoms with E-state index in [1.165, 1.54) is 12.1 Å². The first-order valence-electron chi connectivity index (χ1n) is 7.35. The number of hydrogen-bond acceptors (Lipinski definition) is 2. The molecule has 0 radical (unpaired) electrons. The predicted octanol–water partition coefficient (Wildman–Crippen LogP) is 4.87. The van der Waals surface area contributed by atoms with Crippen molar-refractivity contribution in [1.29, 1.82) is 0 Å². The average Bonchev–Trinajstić information content (AvgIpc) is 2.52. The fourth-order valence-electron chi connectivity index (χ4n) is 2.40. The van der Waals surface area contributed by atoms with Crippen molar-refractivity contribution in [3.63, 3.8) is 0 Å². The number of aryl methyl sites for hydroxylation is 1. The van der Waals surface area contributed by atoms with Gasteiger partial charge in [-0.05, 0) is 48.7 Å². The summed E-state index contributed by atoms with van der Waals surface area (Å²) in [6, 6.07) is 11.1. The zero-order valence-electron chi connectivity index (χ0n) is 13.4. The molecule has 2 aromatic carbocycles. The third kappa shape index (κ3) is 4.48. The fourth-order valence-corrected chi connectivity index (χ4v) is 2.40. The van der Waals surface area contributed by atoms with E-state index in [2.05, 4.69) is 5.32 Å². The second-order valence-electron chi connectivity index (χ2n) is 5.53. The van der Waals surface area contributed by atoms with Crippen molar-refractivity contribution in [2.75, 3.05) is 7.11 Å². The Kier molecular flexibility index (Phi) is 5.31. The van der Waals surface area contributed by atoms with Crippen LogP contribution in [0.4, 0.5) is 13.2 Å². The second kappa shape index (κ2) is 7.04. The van der Waals surface area contributed by atoms with Gasteiger partial charge in [-0.2, -0.15) is 13.2 Å². The molecule has 1 unspecified atom stereocenters. The highest BCUT2D eigenvalue weighted by Gasteiger charge is 2.30. The largest absolute Gasteiger partial charge is 0.496 e. The molecule has 0 aliphatic rings. The van der Waals surface area contributed by atoms with Gasteiger partial charge in [0.15, 0.2) is 0 Å². The summed E-state index contributed by atoms with van der Waals surface area (Å²) in [5.74, 6) is 0.838. The Bertz CT molecular complexity index is 650. The Hall–Kier alpha value is -2.01. The number of hydrogen-bond donors (Lipinski definition) is 1. The number of benzene rings is 2. The topological polar surface area (TPSA) is 21.3 Å². The maximum absolute atomic E-state index is 12.6. The van der Waals surface area contributed by atoms with Crippen LogP contribution in [0.15, 0.2) is 42.5 Å². The van der Waals surface area contributed by atoms with E-state index in [4.69, 9.17) is 4.74 Å². The zero-order valence-corrected chi connectivity index (χ0v) is 13.4. The smallest absolute Gasteiger partial charge is 0.416 e. The van der Waals surface area contributed by atoms with Crippen molar-refractivity contribution in [3.8, 4) is 5.75 Å². The minimum atomic E-state index is -4.30. The van der Waals surface area contributed by atoms with Crippen LogP contribution in [0.25, 0.3) is 0 Å². The van der Waals surface area contributed by atoms with E-state index >= 15 is 0 Å². The van der Waals surface area contributed by atoms with Gasteiger partial charge in [0, 0.05) is 12.6 Å². The molecule has 2 nitrogen and oxygen atoms in total. The summed E-state index contributed by atoms with van der Waals surface area (Å²) in [5.41, 5.74) is 2.35. The third-order valence-corrected chi connectivity index (χ3v) is 3.81. The minimum absolute atomic E-state index is 0.0420. The lowest BCUT2D eigenvalue weighted by Crippen LogP contribution is -2.18. The van der Waals surface area contributed by atoms with E-state index in [-0.39, 0.29) is 6.04 Å². The molecule has 0 fully saturated rings. The molecular formula is C18H20F3NO. The molecule has 0 heterocycles. The van der Waals surface area contributed by atoms with Crippen molar-refractivity contribution >= 4 is 0 Å². The first-order chi connectivity index (χ1) is 10.8. The Labute approximate surface area is 134 Å². The summed E-state index contributed by atoms with van der Waals surface area (Å²) >= 11 is 0. The molecule has 0 aliphatic heterocycles. The highest BCUT2D eigenvalue weighted by molar-refractivity contribution is 5.36. The molecule has 0 aliphatic carbocycles. The normalized spacial score (nSPS) is 13.0. The number of nitrogens with one attached hydrogen (secondary N) is 1. The van der Waals surface area contributed by atoms with Gasteiger partial charge in [-0.1, -0.05) is 24.3 Å². The minimum Gasteiger partial charge on any atom is -0.496 e.